The Kier molecular flexibility index (Phi) is 3.43. The van der Waals surface area contributed by atoms with Crippen molar-refractivity contribution in [3.8, 4) is 5.75 Å². The van der Waals surface area contributed by atoms with Gasteiger partial charge in [0.1, 0.15) is 5.75 Å². The minimum atomic E-state index is 0.179. The molecule has 1 aromatic rings. The predicted octanol–water partition coefficient (Wildman–Crippen LogP) is 3.96. The van der Waals surface area contributed by atoms with Crippen LogP contribution >= 0.6 is 0 Å². The Morgan fingerprint density at radius 2 is 1.73 bits per heavy atom. The second-order valence-electron chi connectivity index (χ2n) is 5.16. The van der Waals surface area contributed by atoms with Crippen molar-refractivity contribution in [1.29, 1.82) is 0 Å². The van der Waals surface area contributed by atoms with E-state index in [1.54, 1.807) is 7.11 Å². The summed E-state index contributed by atoms with van der Waals surface area (Å²) >= 11 is 0. The van der Waals surface area contributed by atoms with E-state index in [1.165, 1.54) is 17.0 Å². The molecule has 1 nitrogen and oxygen atoms in total. The van der Waals surface area contributed by atoms with Gasteiger partial charge in [-0.2, -0.15) is 0 Å². The van der Waals surface area contributed by atoms with Crippen LogP contribution in [0.3, 0.4) is 0 Å². The molecule has 1 aromatic carbocycles. The highest BCUT2D eigenvalue weighted by atomic mass is 16.5. The van der Waals surface area contributed by atoms with Crippen LogP contribution in [0.15, 0.2) is 18.2 Å². The first-order chi connectivity index (χ1) is 6.86. The molecule has 0 atom stereocenters. The van der Waals surface area contributed by atoms with Crippen LogP contribution in [0.25, 0.3) is 0 Å². The number of hydrogen-bond acceptors (Lipinski definition) is 1. The van der Waals surface area contributed by atoms with Crippen LogP contribution in [0.4, 0.5) is 0 Å². The van der Waals surface area contributed by atoms with Crippen LogP contribution in [0.1, 0.15) is 45.7 Å². The van der Waals surface area contributed by atoms with Crippen molar-refractivity contribution in [1.82, 2.24) is 0 Å². The summed E-state index contributed by atoms with van der Waals surface area (Å²) in [5.74, 6) is 2.26. The lowest BCUT2D eigenvalue weighted by Crippen LogP contribution is -2.15. The standard InChI is InChI=1S/C14H21O/c1-10(2)12-9-11(15-6)7-8-13(12)14(3,4)5/h7-9H,1-6H3. The van der Waals surface area contributed by atoms with Gasteiger partial charge in [0.15, 0.2) is 0 Å². The number of rotatable bonds is 2. The lowest BCUT2D eigenvalue weighted by Gasteiger charge is -2.25. The Bertz CT molecular complexity index is 332. The van der Waals surface area contributed by atoms with Crippen molar-refractivity contribution >= 4 is 0 Å². The molecule has 1 radical (unpaired) electrons. The molecule has 0 aliphatic carbocycles. The third-order valence-electron chi connectivity index (χ3n) is 2.57. The van der Waals surface area contributed by atoms with Gasteiger partial charge in [0.05, 0.1) is 7.11 Å². The van der Waals surface area contributed by atoms with E-state index >= 15 is 0 Å². The average Bonchev–Trinajstić information content (AvgIpc) is 2.15. The highest BCUT2D eigenvalue weighted by Crippen LogP contribution is 2.32. The van der Waals surface area contributed by atoms with Gasteiger partial charge in [0, 0.05) is 0 Å². The Morgan fingerprint density at radius 1 is 1.13 bits per heavy atom. The number of methoxy groups -OCH3 is 1. The van der Waals surface area contributed by atoms with Crippen LogP contribution in [0.5, 0.6) is 5.75 Å². The Labute approximate surface area is 93.5 Å². The Morgan fingerprint density at radius 3 is 2.13 bits per heavy atom. The van der Waals surface area contributed by atoms with Gasteiger partial charge in [0.25, 0.3) is 0 Å². The minimum Gasteiger partial charge on any atom is -0.497 e. The molecule has 1 rings (SSSR count). The molecule has 1 heteroatoms. The zero-order valence-corrected chi connectivity index (χ0v) is 10.6. The quantitative estimate of drug-likeness (QED) is 0.710. The van der Waals surface area contributed by atoms with Gasteiger partial charge in [-0.3, -0.25) is 0 Å². The molecule has 0 aliphatic heterocycles. The van der Waals surface area contributed by atoms with Gasteiger partial charge in [-0.15, -0.1) is 0 Å². The van der Waals surface area contributed by atoms with Crippen LogP contribution < -0.4 is 4.74 Å². The fraction of sp³-hybridized carbons (Fsp3) is 0.500. The molecule has 0 saturated heterocycles. The molecule has 0 bridgehead atoms. The Balaban J connectivity index is 3.28. The van der Waals surface area contributed by atoms with E-state index in [2.05, 4.69) is 46.8 Å². The van der Waals surface area contributed by atoms with E-state index in [4.69, 9.17) is 4.74 Å². The van der Waals surface area contributed by atoms with Crippen molar-refractivity contribution in [2.75, 3.05) is 7.11 Å². The maximum absolute atomic E-state index is 5.26. The third kappa shape index (κ3) is 2.74. The second kappa shape index (κ2) is 4.26. The summed E-state index contributed by atoms with van der Waals surface area (Å²) in [6, 6.07) is 6.32. The van der Waals surface area contributed by atoms with E-state index in [1.807, 2.05) is 6.07 Å². The first kappa shape index (κ1) is 12.1. The predicted molar refractivity (Wildman–Crippen MR) is 65.4 cm³/mol. The van der Waals surface area contributed by atoms with Crippen molar-refractivity contribution in [3.05, 3.63) is 35.2 Å². The normalized spacial score (nSPS) is 11.9. The molecule has 0 N–H and O–H groups in total. The van der Waals surface area contributed by atoms with Gasteiger partial charge < -0.3 is 4.74 Å². The highest BCUT2D eigenvalue weighted by molar-refractivity contribution is 5.45. The molecule has 0 saturated carbocycles. The molecule has 83 valence electrons. The van der Waals surface area contributed by atoms with Crippen molar-refractivity contribution in [2.45, 2.75) is 40.0 Å². The molecule has 0 aromatic heterocycles. The van der Waals surface area contributed by atoms with Crippen LogP contribution in [-0.4, -0.2) is 7.11 Å². The van der Waals surface area contributed by atoms with Gasteiger partial charge in [0.2, 0.25) is 0 Å². The maximum Gasteiger partial charge on any atom is 0.119 e. The molecule has 0 unspecified atom stereocenters. The summed E-state index contributed by atoms with van der Waals surface area (Å²) < 4.78 is 5.26. The fourth-order valence-electron chi connectivity index (χ4n) is 1.72. The van der Waals surface area contributed by atoms with Crippen LogP contribution in [-0.2, 0) is 5.41 Å². The van der Waals surface area contributed by atoms with Gasteiger partial charge in [-0.05, 0) is 34.6 Å². The third-order valence-corrected chi connectivity index (χ3v) is 2.57. The van der Waals surface area contributed by atoms with Crippen LogP contribution in [0.2, 0.25) is 0 Å². The largest absolute Gasteiger partial charge is 0.497 e. The fourth-order valence-corrected chi connectivity index (χ4v) is 1.72. The summed E-state index contributed by atoms with van der Waals surface area (Å²) in [6.07, 6.45) is 0. The van der Waals surface area contributed by atoms with Gasteiger partial charge >= 0.3 is 0 Å². The highest BCUT2D eigenvalue weighted by Gasteiger charge is 2.19. The SMILES string of the molecule is COc1ccc(C(C)(C)C)c([C](C)C)c1. The average molecular weight is 205 g/mol. The molecule has 0 fully saturated rings. The van der Waals surface area contributed by atoms with E-state index < -0.39 is 0 Å². The molecule has 15 heavy (non-hydrogen) atoms. The minimum absolute atomic E-state index is 0.179. The first-order valence-corrected chi connectivity index (χ1v) is 5.35. The van der Waals surface area contributed by atoms with Crippen molar-refractivity contribution in [2.24, 2.45) is 0 Å². The van der Waals surface area contributed by atoms with Gasteiger partial charge in [-0.25, -0.2) is 0 Å². The molecule has 0 heterocycles. The van der Waals surface area contributed by atoms with Crippen molar-refractivity contribution in [3.63, 3.8) is 0 Å². The lowest BCUT2D eigenvalue weighted by molar-refractivity contribution is 0.413. The van der Waals surface area contributed by atoms with E-state index in [-0.39, 0.29) is 5.41 Å². The molecule has 0 aliphatic rings. The Hall–Kier alpha value is -0.980. The monoisotopic (exact) mass is 205 g/mol. The van der Waals surface area contributed by atoms with Crippen LogP contribution in [0, 0.1) is 5.92 Å². The summed E-state index contributed by atoms with van der Waals surface area (Å²) in [4.78, 5) is 0. The summed E-state index contributed by atoms with van der Waals surface area (Å²) in [7, 11) is 1.71. The van der Waals surface area contributed by atoms with E-state index in [0.29, 0.717) is 0 Å². The lowest BCUT2D eigenvalue weighted by atomic mass is 9.81. The van der Waals surface area contributed by atoms with Gasteiger partial charge in [-0.1, -0.05) is 40.7 Å². The first-order valence-electron chi connectivity index (χ1n) is 5.35. The topological polar surface area (TPSA) is 9.23 Å². The summed E-state index contributed by atoms with van der Waals surface area (Å²) in [5, 5.41) is 0. The smallest absolute Gasteiger partial charge is 0.119 e. The second-order valence-corrected chi connectivity index (χ2v) is 5.16. The van der Waals surface area contributed by atoms with E-state index in [9.17, 15) is 0 Å². The maximum atomic E-state index is 5.26. The zero-order valence-electron chi connectivity index (χ0n) is 10.6. The number of hydrogen-bond donors (Lipinski definition) is 0. The summed E-state index contributed by atoms with van der Waals surface area (Å²) in [6.45, 7) is 11.0. The summed E-state index contributed by atoms with van der Waals surface area (Å²) in [5.41, 5.74) is 2.86. The van der Waals surface area contributed by atoms with E-state index in [0.717, 1.165) is 5.75 Å². The zero-order chi connectivity index (χ0) is 11.6. The molecular formula is C14H21O. The number of ether oxygens (including phenoxy) is 1. The van der Waals surface area contributed by atoms with Crippen molar-refractivity contribution < 1.29 is 4.74 Å². The molecule has 0 amide bonds. The molecule has 0 spiro atoms. The molecular weight excluding hydrogens is 184 g/mol. The number of benzene rings is 1.